The van der Waals surface area contributed by atoms with Gasteiger partial charge >= 0.3 is 0 Å². The first-order chi connectivity index (χ1) is 12.4. The minimum atomic E-state index is -3.59. The summed E-state index contributed by atoms with van der Waals surface area (Å²) in [5, 5.41) is 0. The molecule has 1 saturated heterocycles. The van der Waals surface area contributed by atoms with Gasteiger partial charge in [0, 0.05) is 26.2 Å². The summed E-state index contributed by atoms with van der Waals surface area (Å²) in [5.41, 5.74) is 0. The Kier molecular flexibility index (Phi) is 5.69. The van der Waals surface area contributed by atoms with Crippen LogP contribution < -0.4 is 4.74 Å². The monoisotopic (exact) mass is 442 g/mol. The molecular weight excluding hydrogens is 424 g/mol. The molecule has 1 amide bonds. The largest absolute Gasteiger partial charge is 0.494 e. The Morgan fingerprint density at radius 3 is 2.31 bits per heavy atom. The van der Waals surface area contributed by atoms with Crippen LogP contribution in [0.15, 0.2) is 50.4 Å². The highest BCUT2D eigenvalue weighted by atomic mass is 79.9. The van der Waals surface area contributed by atoms with E-state index in [1.165, 1.54) is 16.4 Å². The smallest absolute Gasteiger partial charge is 0.289 e. The zero-order valence-electron chi connectivity index (χ0n) is 14.2. The lowest BCUT2D eigenvalue weighted by atomic mass is 10.3. The van der Waals surface area contributed by atoms with Gasteiger partial charge in [0.05, 0.1) is 11.5 Å². The van der Waals surface area contributed by atoms with Gasteiger partial charge in [0.2, 0.25) is 10.0 Å². The molecule has 7 nitrogen and oxygen atoms in total. The average Bonchev–Trinajstić information content (AvgIpc) is 3.08. The number of piperazine rings is 1. The van der Waals surface area contributed by atoms with Crippen LogP contribution in [-0.4, -0.2) is 56.3 Å². The van der Waals surface area contributed by atoms with Gasteiger partial charge in [-0.15, -0.1) is 0 Å². The highest BCUT2D eigenvalue weighted by molar-refractivity contribution is 9.10. The van der Waals surface area contributed by atoms with E-state index in [1.54, 1.807) is 29.2 Å². The van der Waals surface area contributed by atoms with Crippen molar-refractivity contribution in [2.45, 2.75) is 11.8 Å². The summed E-state index contributed by atoms with van der Waals surface area (Å²) in [6.07, 6.45) is 0. The lowest BCUT2D eigenvalue weighted by molar-refractivity contribution is 0.0664. The van der Waals surface area contributed by atoms with Crippen LogP contribution in [0.1, 0.15) is 17.5 Å². The van der Waals surface area contributed by atoms with Crippen LogP contribution in [-0.2, 0) is 10.0 Å². The van der Waals surface area contributed by atoms with Crippen molar-refractivity contribution in [1.29, 1.82) is 0 Å². The van der Waals surface area contributed by atoms with E-state index < -0.39 is 10.0 Å². The third kappa shape index (κ3) is 3.94. The normalized spacial score (nSPS) is 15.8. The van der Waals surface area contributed by atoms with Crippen molar-refractivity contribution < 1.29 is 22.4 Å². The van der Waals surface area contributed by atoms with Crippen LogP contribution in [0, 0.1) is 0 Å². The first-order valence-electron chi connectivity index (χ1n) is 8.19. The number of rotatable bonds is 5. The maximum Gasteiger partial charge on any atom is 0.289 e. The van der Waals surface area contributed by atoms with Gasteiger partial charge in [0.1, 0.15) is 5.75 Å². The molecule has 9 heteroatoms. The molecule has 0 saturated carbocycles. The molecule has 1 aliphatic rings. The molecule has 0 aliphatic carbocycles. The number of hydrogen-bond donors (Lipinski definition) is 0. The van der Waals surface area contributed by atoms with Crippen molar-refractivity contribution in [2.24, 2.45) is 0 Å². The van der Waals surface area contributed by atoms with Crippen molar-refractivity contribution in [1.82, 2.24) is 9.21 Å². The molecule has 0 radical (unpaired) electrons. The molecule has 0 bridgehead atoms. The Labute approximate surface area is 160 Å². The number of sulfonamides is 1. The number of carbonyl (C=O) groups is 1. The summed E-state index contributed by atoms with van der Waals surface area (Å²) in [6, 6.07) is 9.61. The number of benzene rings is 1. The standard InChI is InChI=1S/C17H19BrN2O5S/c1-2-24-13-3-5-14(6-4-13)26(22,23)20-11-9-19(10-12-20)17(21)15-7-8-16(18)25-15/h3-8H,2,9-12H2,1H3. The molecule has 1 aliphatic heterocycles. The fourth-order valence-electron chi connectivity index (χ4n) is 2.74. The summed E-state index contributed by atoms with van der Waals surface area (Å²) in [6.45, 7) is 3.49. The molecule has 140 valence electrons. The second-order valence-electron chi connectivity index (χ2n) is 5.70. The second-order valence-corrected chi connectivity index (χ2v) is 8.42. The van der Waals surface area contributed by atoms with Gasteiger partial charge in [0.15, 0.2) is 10.4 Å². The van der Waals surface area contributed by atoms with Crippen molar-refractivity contribution in [2.75, 3.05) is 32.8 Å². The van der Waals surface area contributed by atoms with E-state index >= 15 is 0 Å². The molecule has 0 unspecified atom stereocenters. The summed E-state index contributed by atoms with van der Waals surface area (Å²) in [4.78, 5) is 14.2. The third-order valence-electron chi connectivity index (χ3n) is 4.08. The Morgan fingerprint density at radius 1 is 1.12 bits per heavy atom. The van der Waals surface area contributed by atoms with Crippen LogP contribution in [0.2, 0.25) is 0 Å². The van der Waals surface area contributed by atoms with Crippen LogP contribution in [0.25, 0.3) is 0 Å². The Morgan fingerprint density at radius 2 is 1.77 bits per heavy atom. The topological polar surface area (TPSA) is 80.1 Å². The highest BCUT2D eigenvalue weighted by Crippen LogP contribution is 2.22. The molecule has 26 heavy (non-hydrogen) atoms. The first kappa shape index (κ1) is 18.9. The fourth-order valence-corrected chi connectivity index (χ4v) is 4.47. The predicted molar refractivity (Wildman–Crippen MR) is 98.7 cm³/mol. The molecule has 3 rings (SSSR count). The maximum absolute atomic E-state index is 12.8. The third-order valence-corrected chi connectivity index (χ3v) is 6.42. The fraction of sp³-hybridized carbons (Fsp3) is 0.353. The zero-order valence-corrected chi connectivity index (χ0v) is 16.6. The molecule has 0 atom stereocenters. The van der Waals surface area contributed by atoms with E-state index in [-0.39, 0.29) is 29.7 Å². The van der Waals surface area contributed by atoms with Crippen molar-refractivity contribution in [3.8, 4) is 5.75 Å². The van der Waals surface area contributed by atoms with Gasteiger partial charge in [-0.2, -0.15) is 4.31 Å². The summed E-state index contributed by atoms with van der Waals surface area (Å²) in [5.74, 6) is 0.625. The minimum Gasteiger partial charge on any atom is -0.494 e. The molecular formula is C17H19BrN2O5S. The van der Waals surface area contributed by atoms with Gasteiger partial charge in [-0.1, -0.05) is 0 Å². The number of halogens is 1. The van der Waals surface area contributed by atoms with Crippen LogP contribution in [0.4, 0.5) is 0 Å². The maximum atomic E-state index is 12.8. The number of nitrogens with zero attached hydrogens (tertiary/aromatic N) is 2. The summed E-state index contributed by atoms with van der Waals surface area (Å²) < 4.78 is 38.0. The van der Waals surface area contributed by atoms with Crippen molar-refractivity contribution in [3.05, 3.63) is 46.8 Å². The second kappa shape index (κ2) is 7.81. The van der Waals surface area contributed by atoms with Gasteiger partial charge in [0.25, 0.3) is 5.91 Å². The van der Waals surface area contributed by atoms with Crippen molar-refractivity contribution in [3.63, 3.8) is 0 Å². The van der Waals surface area contributed by atoms with E-state index in [0.29, 0.717) is 30.1 Å². The average molecular weight is 443 g/mol. The summed E-state index contributed by atoms with van der Waals surface area (Å²) in [7, 11) is -3.59. The molecule has 2 aromatic rings. The lowest BCUT2D eigenvalue weighted by Gasteiger charge is -2.33. The van der Waals surface area contributed by atoms with E-state index in [0.717, 1.165) is 0 Å². The lowest BCUT2D eigenvalue weighted by Crippen LogP contribution is -2.50. The SMILES string of the molecule is CCOc1ccc(S(=O)(=O)N2CCN(C(=O)c3ccc(Br)o3)CC2)cc1. The van der Waals surface area contributed by atoms with Crippen LogP contribution in [0.3, 0.4) is 0 Å². The van der Waals surface area contributed by atoms with E-state index in [9.17, 15) is 13.2 Å². The molecule has 0 N–H and O–H groups in total. The number of hydrogen-bond acceptors (Lipinski definition) is 5. The highest BCUT2D eigenvalue weighted by Gasteiger charge is 2.31. The van der Waals surface area contributed by atoms with Gasteiger partial charge in [-0.25, -0.2) is 8.42 Å². The molecule has 2 heterocycles. The molecule has 1 fully saturated rings. The predicted octanol–water partition coefficient (Wildman–Crippen LogP) is 2.59. The number of ether oxygens (including phenoxy) is 1. The number of furan rings is 1. The van der Waals surface area contributed by atoms with Gasteiger partial charge < -0.3 is 14.1 Å². The van der Waals surface area contributed by atoms with Crippen molar-refractivity contribution >= 4 is 31.9 Å². The molecule has 1 aromatic carbocycles. The quantitative estimate of drug-likeness (QED) is 0.710. The van der Waals surface area contributed by atoms with Gasteiger partial charge in [-0.3, -0.25) is 4.79 Å². The Balaban J connectivity index is 1.65. The Hall–Kier alpha value is -1.84. The van der Waals surface area contributed by atoms with Crippen LogP contribution in [0.5, 0.6) is 5.75 Å². The van der Waals surface area contributed by atoms with E-state index in [2.05, 4.69) is 15.9 Å². The first-order valence-corrected chi connectivity index (χ1v) is 10.4. The Bertz CT molecular complexity index is 871. The van der Waals surface area contributed by atoms with E-state index in [4.69, 9.17) is 9.15 Å². The molecule has 1 aromatic heterocycles. The summed E-state index contributed by atoms with van der Waals surface area (Å²) >= 11 is 3.17. The number of carbonyl (C=O) groups excluding carboxylic acids is 1. The van der Waals surface area contributed by atoms with E-state index in [1.807, 2.05) is 6.92 Å². The number of amides is 1. The van der Waals surface area contributed by atoms with Gasteiger partial charge in [-0.05, 0) is 59.3 Å². The zero-order chi connectivity index (χ0) is 18.7. The van der Waals surface area contributed by atoms with Crippen LogP contribution >= 0.6 is 15.9 Å². The molecule has 0 spiro atoms. The minimum absolute atomic E-state index is 0.218.